The van der Waals surface area contributed by atoms with Crippen LogP contribution in [-0.4, -0.2) is 33.8 Å². The maximum absolute atomic E-state index is 15.2. The second-order valence-electron chi connectivity index (χ2n) is 7.05. The number of amides is 1. The minimum Gasteiger partial charge on any atom is -0.369 e. The average molecular weight is 407 g/mol. The third-order valence-electron chi connectivity index (χ3n) is 5.29. The zero-order valence-corrected chi connectivity index (χ0v) is 16.4. The first-order valence-electron chi connectivity index (χ1n) is 9.25. The lowest BCUT2D eigenvalue weighted by Gasteiger charge is -2.27. The van der Waals surface area contributed by atoms with Gasteiger partial charge in [-0.1, -0.05) is 12.1 Å². The van der Waals surface area contributed by atoms with E-state index in [1.165, 1.54) is 31.4 Å². The third kappa shape index (κ3) is 2.92. The van der Waals surface area contributed by atoms with Crippen LogP contribution < -0.4 is 5.73 Å². The monoisotopic (exact) mass is 407 g/mol. The van der Waals surface area contributed by atoms with Gasteiger partial charge in [-0.05, 0) is 48.4 Å². The largest absolute Gasteiger partial charge is 0.369 e. The zero-order valence-electron chi connectivity index (χ0n) is 16.4. The quantitative estimate of drug-likeness (QED) is 0.720. The highest BCUT2D eigenvalue weighted by atomic mass is 19.1. The van der Waals surface area contributed by atoms with Crippen molar-refractivity contribution in [2.75, 3.05) is 7.05 Å². The van der Waals surface area contributed by atoms with Crippen LogP contribution in [0, 0.1) is 12.7 Å². The summed E-state index contributed by atoms with van der Waals surface area (Å²) in [5.74, 6) is -1.21. The number of carbonyl (C=O) groups is 1. The molecule has 0 spiro atoms. The Morgan fingerprint density at radius 3 is 2.60 bits per heavy atom. The Hall–Kier alpha value is -3.68. The van der Waals surface area contributed by atoms with Crippen molar-refractivity contribution in [1.82, 2.24) is 14.9 Å². The Balaban J connectivity index is 2.01. The van der Waals surface area contributed by atoms with E-state index in [-0.39, 0.29) is 17.2 Å². The van der Waals surface area contributed by atoms with E-state index < -0.39 is 23.9 Å². The highest BCUT2D eigenvalue weighted by Gasteiger charge is 2.51. The predicted octanol–water partition coefficient (Wildman–Crippen LogP) is 3.09. The molecule has 1 aliphatic heterocycles. The Morgan fingerprint density at radius 1 is 1.13 bits per heavy atom. The molecule has 1 aromatic carbocycles. The molecular weight excluding hydrogens is 388 g/mol. The number of hydrogen-bond acceptors (Lipinski definition) is 5. The number of carbonyl (C=O) groups excluding carboxylic acids is 1. The fraction of sp³-hybridized carbons (Fsp3) is 0.182. The molecule has 0 saturated carbocycles. The highest BCUT2D eigenvalue weighted by molar-refractivity contribution is 6.09. The molecule has 4 rings (SSSR count). The summed E-state index contributed by atoms with van der Waals surface area (Å²) < 4.78 is 28.5. The van der Waals surface area contributed by atoms with Gasteiger partial charge in [0.1, 0.15) is 12.5 Å². The van der Waals surface area contributed by atoms with E-state index in [1.54, 1.807) is 24.4 Å². The summed E-state index contributed by atoms with van der Waals surface area (Å²) in [5.41, 5.74) is 6.82. The number of pyridine rings is 2. The van der Waals surface area contributed by atoms with Gasteiger partial charge in [0, 0.05) is 36.3 Å². The van der Waals surface area contributed by atoms with Crippen LogP contribution >= 0.6 is 0 Å². The van der Waals surface area contributed by atoms with Gasteiger partial charge in [-0.2, -0.15) is 0 Å². The molecule has 152 valence electrons. The van der Waals surface area contributed by atoms with Crippen LogP contribution in [0.15, 0.2) is 59.9 Å². The van der Waals surface area contributed by atoms with Crippen molar-refractivity contribution in [2.24, 2.45) is 10.7 Å². The summed E-state index contributed by atoms with van der Waals surface area (Å²) in [6.45, 7) is 1.01. The number of nitrogens with zero attached hydrogens (tertiary/aromatic N) is 4. The topological polar surface area (TPSA) is 84.5 Å². The van der Waals surface area contributed by atoms with Crippen LogP contribution in [0.25, 0.3) is 11.1 Å². The lowest BCUT2D eigenvalue weighted by molar-refractivity contribution is -0.129. The second-order valence-corrected chi connectivity index (χ2v) is 7.05. The number of hydrogen-bond donors (Lipinski definition) is 1. The van der Waals surface area contributed by atoms with Crippen molar-refractivity contribution in [3.8, 4) is 11.1 Å². The Morgan fingerprint density at radius 2 is 1.93 bits per heavy atom. The van der Waals surface area contributed by atoms with E-state index in [2.05, 4.69) is 15.0 Å². The van der Waals surface area contributed by atoms with E-state index in [9.17, 15) is 9.18 Å². The summed E-state index contributed by atoms with van der Waals surface area (Å²) in [5, 5.41) is 0. The molecule has 2 aromatic heterocycles. The highest BCUT2D eigenvalue weighted by Crippen LogP contribution is 2.42. The molecule has 8 heteroatoms. The first-order chi connectivity index (χ1) is 14.4. The number of aliphatic imine (C=N–C) groups is 1. The van der Waals surface area contributed by atoms with Crippen LogP contribution in [0.1, 0.15) is 22.5 Å². The van der Waals surface area contributed by atoms with Crippen molar-refractivity contribution in [2.45, 2.75) is 19.1 Å². The van der Waals surface area contributed by atoms with Crippen LogP contribution in [-0.2, 0) is 17.0 Å². The minimum absolute atomic E-state index is 0.0246. The van der Waals surface area contributed by atoms with Gasteiger partial charge >= 0.3 is 0 Å². The van der Waals surface area contributed by atoms with Gasteiger partial charge in [0.15, 0.2) is 11.5 Å². The molecule has 0 fully saturated rings. The van der Waals surface area contributed by atoms with Crippen molar-refractivity contribution in [3.05, 3.63) is 83.2 Å². The van der Waals surface area contributed by atoms with Gasteiger partial charge < -0.3 is 5.73 Å². The van der Waals surface area contributed by atoms with Crippen molar-refractivity contribution in [1.29, 1.82) is 0 Å². The van der Waals surface area contributed by atoms with E-state index in [0.29, 0.717) is 11.1 Å². The third-order valence-corrected chi connectivity index (χ3v) is 5.29. The Kier molecular flexibility index (Phi) is 4.77. The molecule has 1 aliphatic rings. The van der Waals surface area contributed by atoms with E-state index in [1.807, 2.05) is 13.0 Å². The normalized spacial score (nSPS) is 18.6. The van der Waals surface area contributed by atoms with Gasteiger partial charge in [-0.3, -0.25) is 19.7 Å². The molecule has 3 heterocycles. The lowest BCUT2D eigenvalue weighted by Crippen LogP contribution is -2.41. The SMILES string of the molecule is Cc1ncccc1-c1ccc(F)c(C2(c3ccnc(CF)c3)N=C(N)N(C)C2=O)c1. The number of halogens is 2. The molecule has 1 unspecified atom stereocenters. The first-order valence-corrected chi connectivity index (χ1v) is 9.25. The minimum atomic E-state index is -1.78. The van der Waals surface area contributed by atoms with Gasteiger partial charge in [0.25, 0.3) is 5.91 Å². The second kappa shape index (κ2) is 7.29. The fourth-order valence-electron chi connectivity index (χ4n) is 3.70. The number of guanidine groups is 1. The molecular formula is C22H19F2N5O. The molecule has 1 atom stereocenters. The Labute approximate surface area is 172 Å². The summed E-state index contributed by atoms with van der Waals surface area (Å²) in [7, 11) is 1.47. The molecule has 0 saturated heterocycles. The Bertz CT molecular complexity index is 1180. The molecule has 0 aliphatic carbocycles. The number of benzene rings is 1. The van der Waals surface area contributed by atoms with Crippen molar-refractivity contribution in [3.63, 3.8) is 0 Å². The molecule has 2 N–H and O–H groups in total. The van der Waals surface area contributed by atoms with Crippen LogP contribution in [0.3, 0.4) is 0 Å². The summed E-state index contributed by atoms with van der Waals surface area (Å²) >= 11 is 0. The van der Waals surface area contributed by atoms with E-state index >= 15 is 4.39 Å². The maximum atomic E-state index is 15.2. The van der Waals surface area contributed by atoms with Gasteiger partial charge in [-0.25, -0.2) is 13.8 Å². The smallest absolute Gasteiger partial charge is 0.266 e. The fourth-order valence-corrected chi connectivity index (χ4v) is 3.70. The number of rotatable bonds is 4. The van der Waals surface area contributed by atoms with Gasteiger partial charge in [0.2, 0.25) is 0 Å². The summed E-state index contributed by atoms with van der Waals surface area (Å²) in [4.78, 5) is 27.1. The van der Waals surface area contributed by atoms with Crippen LogP contribution in [0.4, 0.5) is 8.78 Å². The molecule has 6 nitrogen and oxygen atoms in total. The summed E-state index contributed by atoms with van der Waals surface area (Å²) in [6, 6.07) is 11.0. The number of aromatic nitrogens is 2. The number of alkyl halides is 1. The van der Waals surface area contributed by atoms with E-state index in [4.69, 9.17) is 5.73 Å². The molecule has 0 radical (unpaired) electrons. The number of aryl methyl sites for hydroxylation is 1. The van der Waals surface area contributed by atoms with Crippen molar-refractivity contribution < 1.29 is 13.6 Å². The lowest BCUT2D eigenvalue weighted by atomic mass is 9.81. The van der Waals surface area contributed by atoms with Gasteiger partial charge in [-0.15, -0.1) is 0 Å². The van der Waals surface area contributed by atoms with Gasteiger partial charge in [0.05, 0.1) is 5.69 Å². The predicted molar refractivity (Wildman–Crippen MR) is 109 cm³/mol. The van der Waals surface area contributed by atoms with E-state index in [0.717, 1.165) is 16.2 Å². The average Bonchev–Trinajstić information content (AvgIpc) is 2.99. The molecule has 30 heavy (non-hydrogen) atoms. The summed E-state index contributed by atoms with van der Waals surface area (Å²) in [6.07, 6.45) is 3.04. The molecule has 0 bridgehead atoms. The van der Waals surface area contributed by atoms with Crippen molar-refractivity contribution >= 4 is 11.9 Å². The van der Waals surface area contributed by atoms with Crippen LogP contribution in [0.5, 0.6) is 0 Å². The zero-order chi connectivity index (χ0) is 21.5. The maximum Gasteiger partial charge on any atom is 0.266 e. The number of likely N-dealkylation sites (N-methyl/N-ethyl adjacent to an activating group) is 1. The van der Waals surface area contributed by atoms with Crippen LogP contribution in [0.2, 0.25) is 0 Å². The molecule has 1 amide bonds. The standard InChI is InChI=1S/C22H19F2N5O/c1-13-17(4-3-8-26-13)14-5-6-19(24)18(10-14)22(20(30)29(2)21(25)28-22)15-7-9-27-16(11-15)12-23/h3-11H,12H2,1-2H3,(H2,25,28). The number of nitrogens with two attached hydrogens (primary N) is 1. The first kappa shape index (κ1) is 19.6. The molecule has 3 aromatic rings.